The average molecular weight is 237 g/mol. The van der Waals surface area contributed by atoms with Crippen molar-refractivity contribution in [1.82, 2.24) is 6.15 Å². The summed E-state index contributed by atoms with van der Waals surface area (Å²) >= 11 is 0. The lowest BCUT2D eigenvalue weighted by atomic mass is 10.2. The molecular weight excluding hydrogens is 206 g/mol. The summed E-state index contributed by atoms with van der Waals surface area (Å²) in [6.07, 6.45) is 8.84. The van der Waals surface area contributed by atoms with Crippen molar-refractivity contribution in [2.75, 3.05) is 0 Å². The van der Waals surface area contributed by atoms with Gasteiger partial charge in [-0.15, -0.1) is 0 Å². The smallest absolute Gasteiger partial charge is 0.0263 e. The maximum Gasteiger partial charge on any atom is -0.0263 e. The molecule has 0 amide bonds. The van der Waals surface area contributed by atoms with E-state index >= 15 is 0 Å². The molecule has 0 radical (unpaired) electrons. The largest absolute Gasteiger partial charge is 0.344 e. The first-order valence-corrected chi connectivity index (χ1v) is 6.02. The number of benzene rings is 1. The van der Waals surface area contributed by atoms with Gasteiger partial charge in [-0.05, 0) is 5.56 Å². The highest BCUT2D eigenvalue weighted by molar-refractivity contribution is 5.45. The lowest BCUT2D eigenvalue weighted by Crippen LogP contribution is -1.70. The lowest BCUT2D eigenvalue weighted by Gasteiger charge is -1.90. The van der Waals surface area contributed by atoms with Crippen molar-refractivity contribution in [3.05, 3.63) is 42.5 Å². The van der Waals surface area contributed by atoms with Gasteiger partial charge in [0, 0.05) is 0 Å². The summed E-state index contributed by atoms with van der Waals surface area (Å²) < 4.78 is 0. The number of hydrogen-bond acceptors (Lipinski definition) is 1. The van der Waals surface area contributed by atoms with Gasteiger partial charge in [0.15, 0.2) is 0 Å². The molecular formula is C16H31N. The second kappa shape index (κ2) is 17.3. The van der Waals surface area contributed by atoms with Crippen LogP contribution in [-0.4, -0.2) is 0 Å². The fraction of sp³-hybridized carbons (Fsp3) is 0.500. The fourth-order valence-electron chi connectivity index (χ4n) is 1.27. The van der Waals surface area contributed by atoms with Crippen LogP contribution in [0.25, 0.3) is 6.08 Å². The van der Waals surface area contributed by atoms with E-state index in [-0.39, 0.29) is 13.6 Å². The molecule has 1 rings (SSSR count). The van der Waals surface area contributed by atoms with E-state index in [4.69, 9.17) is 0 Å². The summed E-state index contributed by atoms with van der Waals surface area (Å²) in [5, 5.41) is 0. The maximum absolute atomic E-state index is 3.63. The Kier molecular flexibility index (Phi) is 21.6. The Morgan fingerprint density at radius 1 is 0.941 bits per heavy atom. The molecule has 0 aromatic heterocycles. The number of unbranched alkanes of at least 4 members (excludes halogenated alkanes) is 4. The van der Waals surface area contributed by atoms with Crippen LogP contribution in [0.15, 0.2) is 36.9 Å². The predicted molar refractivity (Wildman–Crippen MR) is 82.7 cm³/mol. The Hall–Kier alpha value is -1.08. The highest BCUT2D eigenvalue weighted by Crippen LogP contribution is 2.00. The van der Waals surface area contributed by atoms with E-state index in [2.05, 4.69) is 20.4 Å². The van der Waals surface area contributed by atoms with Gasteiger partial charge in [0.05, 0.1) is 0 Å². The summed E-state index contributed by atoms with van der Waals surface area (Å²) in [5.41, 5.74) is 1.17. The Morgan fingerprint density at radius 2 is 1.41 bits per heavy atom. The first kappa shape index (κ1) is 21.2. The van der Waals surface area contributed by atoms with Gasteiger partial charge in [-0.1, -0.05) is 96.4 Å². The van der Waals surface area contributed by atoms with Crippen LogP contribution in [0.4, 0.5) is 0 Å². The zero-order valence-electron chi connectivity index (χ0n) is 10.9. The molecule has 1 nitrogen and oxygen atoms in total. The van der Waals surface area contributed by atoms with E-state index in [9.17, 15) is 0 Å². The van der Waals surface area contributed by atoms with Crippen LogP contribution in [0.2, 0.25) is 0 Å². The summed E-state index contributed by atoms with van der Waals surface area (Å²) in [6, 6.07) is 10.0. The van der Waals surface area contributed by atoms with Gasteiger partial charge < -0.3 is 6.15 Å². The fourth-order valence-corrected chi connectivity index (χ4v) is 1.27. The zero-order valence-corrected chi connectivity index (χ0v) is 10.9. The molecule has 1 heteroatoms. The molecule has 0 atom stereocenters. The molecule has 0 bridgehead atoms. The van der Waals surface area contributed by atoms with Gasteiger partial charge in [0.2, 0.25) is 0 Å². The molecule has 1 aromatic carbocycles. The molecule has 0 aliphatic heterocycles. The third-order valence-corrected chi connectivity index (χ3v) is 2.24. The minimum Gasteiger partial charge on any atom is -0.344 e. The Bertz CT molecular complexity index is 225. The monoisotopic (exact) mass is 237 g/mol. The van der Waals surface area contributed by atoms with Crippen LogP contribution in [0.5, 0.6) is 0 Å². The van der Waals surface area contributed by atoms with Gasteiger partial charge in [-0.3, -0.25) is 0 Å². The molecule has 0 saturated heterocycles. The molecule has 1 aromatic rings. The van der Waals surface area contributed by atoms with Crippen molar-refractivity contribution in [2.24, 2.45) is 0 Å². The third-order valence-electron chi connectivity index (χ3n) is 2.24. The SMILES string of the molecule is C.C=Cc1ccccc1.CCCCCCC.N. The van der Waals surface area contributed by atoms with Crippen molar-refractivity contribution in [1.29, 1.82) is 0 Å². The van der Waals surface area contributed by atoms with Crippen molar-refractivity contribution >= 4 is 6.08 Å². The van der Waals surface area contributed by atoms with Crippen LogP contribution in [0.1, 0.15) is 58.9 Å². The van der Waals surface area contributed by atoms with Crippen molar-refractivity contribution in [2.45, 2.75) is 53.4 Å². The van der Waals surface area contributed by atoms with Crippen LogP contribution < -0.4 is 6.15 Å². The number of rotatable bonds is 5. The topological polar surface area (TPSA) is 35.0 Å². The minimum absolute atomic E-state index is 0. The van der Waals surface area contributed by atoms with E-state index in [0.29, 0.717) is 0 Å². The molecule has 0 unspecified atom stereocenters. The molecule has 0 spiro atoms. The van der Waals surface area contributed by atoms with Crippen LogP contribution in [0.3, 0.4) is 0 Å². The molecule has 0 aliphatic carbocycles. The zero-order chi connectivity index (χ0) is 11.4. The number of hydrogen-bond donors (Lipinski definition) is 1. The molecule has 17 heavy (non-hydrogen) atoms. The predicted octanol–water partition coefficient (Wildman–Crippen LogP) is 6.10. The molecule has 0 fully saturated rings. The summed E-state index contributed by atoms with van der Waals surface area (Å²) in [4.78, 5) is 0. The van der Waals surface area contributed by atoms with Crippen molar-refractivity contribution < 1.29 is 0 Å². The van der Waals surface area contributed by atoms with Gasteiger partial charge in [-0.25, -0.2) is 0 Å². The molecule has 100 valence electrons. The summed E-state index contributed by atoms with van der Waals surface area (Å²) in [7, 11) is 0. The molecule has 3 N–H and O–H groups in total. The molecule has 0 heterocycles. The first-order chi connectivity index (χ1) is 7.35. The van der Waals surface area contributed by atoms with E-state index < -0.39 is 0 Å². The summed E-state index contributed by atoms with van der Waals surface area (Å²) in [5.74, 6) is 0. The highest BCUT2D eigenvalue weighted by atomic mass is 14.0. The van der Waals surface area contributed by atoms with Crippen LogP contribution >= 0.6 is 0 Å². The third kappa shape index (κ3) is 14.9. The van der Waals surface area contributed by atoms with E-state index in [1.54, 1.807) is 0 Å². The second-order valence-corrected chi connectivity index (χ2v) is 3.68. The Morgan fingerprint density at radius 3 is 1.71 bits per heavy atom. The van der Waals surface area contributed by atoms with E-state index in [0.717, 1.165) is 0 Å². The molecule has 0 saturated carbocycles. The first-order valence-electron chi connectivity index (χ1n) is 6.02. The average Bonchev–Trinajstić information content (AvgIpc) is 2.32. The van der Waals surface area contributed by atoms with E-state index in [1.165, 1.54) is 37.7 Å². The molecule has 0 aliphatic rings. The van der Waals surface area contributed by atoms with Crippen LogP contribution in [-0.2, 0) is 0 Å². The Balaban J connectivity index is -0.000000208. The van der Waals surface area contributed by atoms with Crippen molar-refractivity contribution in [3.8, 4) is 0 Å². The van der Waals surface area contributed by atoms with Gasteiger partial charge >= 0.3 is 0 Å². The quantitative estimate of drug-likeness (QED) is 0.616. The normalized spacial score (nSPS) is 7.88. The standard InChI is InChI=1S/C8H8.C7H16.CH4.H3N/c1-2-8-6-4-3-5-7-8;1-3-5-7-6-4-2;;/h2-7H,1H2;3-7H2,1-2H3;1H4;1H3. The maximum atomic E-state index is 3.63. The van der Waals surface area contributed by atoms with E-state index in [1.807, 2.05) is 36.4 Å². The Labute approximate surface area is 109 Å². The van der Waals surface area contributed by atoms with Gasteiger partial charge in [0.1, 0.15) is 0 Å². The van der Waals surface area contributed by atoms with Crippen molar-refractivity contribution in [3.63, 3.8) is 0 Å². The lowest BCUT2D eigenvalue weighted by molar-refractivity contribution is 0.656. The summed E-state index contributed by atoms with van der Waals surface area (Å²) in [6.45, 7) is 8.12. The highest BCUT2D eigenvalue weighted by Gasteiger charge is 1.80. The second-order valence-electron chi connectivity index (χ2n) is 3.68. The van der Waals surface area contributed by atoms with Gasteiger partial charge in [-0.2, -0.15) is 0 Å². The van der Waals surface area contributed by atoms with Crippen LogP contribution in [0, 0.1) is 0 Å². The van der Waals surface area contributed by atoms with Gasteiger partial charge in [0.25, 0.3) is 0 Å². The minimum atomic E-state index is 0.